The number of amides is 1. The monoisotopic (exact) mass is 389 g/mol. The Morgan fingerprint density at radius 3 is 2.19 bits per heavy atom. The van der Waals surface area contributed by atoms with Gasteiger partial charge < -0.3 is 20.4 Å². The number of anilines is 3. The number of hydrogen-bond donors (Lipinski definition) is 3. The molecule has 3 rings (SSSR count). The first kappa shape index (κ1) is 17.9. The lowest BCUT2D eigenvalue weighted by Gasteiger charge is -2.11. The minimum Gasteiger partial charge on any atom is -0.459 e. The van der Waals surface area contributed by atoms with Gasteiger partial charge in [0.05, 0.1) is 11.3 Å². The molecule has 1 amide bonds. The van der Waals surface area contributed by atoms with Gasteiger partial charge in [-0.3, -0.25) is 4.79 Å². The van der Waals surface area contributed by atoms with E-state index in [-0.39, 0.29) is 16.7 Å². The van der Waals surface area contributed by atoms with Crippen LogP contribution < -0.4 is 16.0 Å². The second kappa shape index (κ2) is 7.99. The van der Waals surface area contributed by atoms with Gasteiger partial charge in [0.2, 0.25) is 0 Å². The van der Waals surface area contributed by atoms with Crippen molar-refractivity contribution < 1.29 is 13.6 Å². The summed E-state index contributed by atoms with van der Waals surface area (Å²) in [5, 5.41) is 8.94. The highest BCUT2D eigenvalue weighted by molar-refractivity contribution is 7.80. The van der Waals surface area contributed by atoms with Crippen LogP contribution in [-0.2, 0) is 0 Å². The van der Waals surface area contributed by atoms with Gasteiger partial charge in [0.25, 0.3) is 5.91 Å². The average molecular weight is 390 g/mol. The summed E-state index contributed by atoms with van der Waals surface area (Å²) in [6.07, 6.45) is 1.43. The molecular weight excluding hydrogens is 377 g/mol. The fourth-order valence-corrected chi connectivity index (χ4v) is 2.52. The molecule has 0 unspecified atom stereocenters. The second-order valence-electron chi connectivity index (χ2n) is 5.22. The van der Waals surface area contributed by atoms with Crippen LogP contribution in [0.3, 0.4) is 0 Å². The largest absolute Gasteiger partial charge is 0.459 e. The van der Waals surface area contributed by atoms with Crippen molar-refractivity contribution in [3.05, 3.63) is 77.5 Å². The van der Waals surface area contributed by atoms with E-state index in [1.807, 2.05) is 0 Å². The summed E-state index contributed by atoms with van der Waals surface area (Å²) in [5.74, 6) is -0.597. The summed E-state index contributed by atoms with van der Waals surface area (Å²) in [7, 11) is 0. The van der Waals surface area contributed by atoms with Crippen LogP contribution in [0, 0.1) is 5.82 Å². The molecule has 3 N–H and O–H groups in total. The van der Waals surface area contributed by atoms with Crippen molar-refractivity contribution >= 4 is 51.9 Å². The zero-order chi connectivity index (χ0) is 18.5. The summed E-state index contributed by atoms with van der Waals surface area (Å²) in [5.41, 5.74) is 1.89. The van der Waals surface area contributed by atoms with E-state index in [9.17, 15) is 9.18 Å². The average Bonchev–Trinajstić information content (AvgIpc) is 3.15. The molecule has 0 fully saturated rings. The standard InChI is InChI=1S/C18H13ClFN3O2S/c19-14-10-13(7-8-15(14)20)23-18(26)22-12-5-3-11(4-6-12)21-17(24)16-2-1-9-25-16/h1-10H,(H,21,24)(H2,22,23,26). The van der Waals surface area contributed by atoms with Crippen molar-refractivity contribution in [1.29, 1.82) is 0 Å². The third-order valence-corrected chi connectivity index (χ3v) is 3.82. The van der Waals surface area contributed by atoms with Gasteiger partial charge in [-0.2, -0.15) is 0 Å². The molecule has 0 radical (unpaired) electrons. The van der Waals surface area contributed by atoms with Crippen LogP contribution in [0.2, 0.25) is 5.02 Å². The highest BCUT2D eigenvalue weighted by atomic mass is 35.5. The Hall–Kier alpha value is -2.90. The molecule has 3 aromatic rings. The van der Waals surface area contributed by atoms with Gasteiger partial charge in [0.1, 0.15) is 5.82 Å². The van der Waals surface area contributed by atoms with Gasteiger partial charge in [0, 0.05) is 17.1 Å². The van der Waals surface area contributed by atoms with E-state index in [1.165, 1.54) is 24.5 Å². The molecule has 2 aromatic carbocycles. The fourth-order valence-electron chi connectivity index (χ4n) is 2.10. The number of thiocarbonyl (C=S) groups is 1. The topological polar surface area (TPSA) is 66.3 Å². The molecular formula is C18H13ClFN3O2S. The van der Waals surface area contributed by atoms with Crippen LogP contribution >= 0.6 is 23.8 Å². The number of carbonyl (C=O) groups excluding carboxylic acids is 1. The zero-order valence-corrected chi connectivity index (χ0v) is 14.8. The minimum absolute atomic E-state index is 0.00875. The Morgan fingerprint density at radius 2 is 1.58 bits per heavy atom. The number of furan rings is 1. The summed E-state index contributed by atoms with van der Waals surface area (Å²) in [6, 6.07) is 14.4. The molecule has 1 aromatic heterocycles. The quantitative estimate of drug-likeness (QED) is 0.539. The van der Waals surface area contributed by atoms with E-state index in [0.717, 1.165) is 0 Å². The van der Waals surface area contributed by atoms with Crippen molar-refractivity contribution in [3.8, 4) is 0 Å². The molecule has 8 heteroatoms. The molecule has 0 aliphatic heterocycles. The van der Waals surface area contributed by atoms with Gasteiger partial charge in [-0.15, -0.1) is 0 Å². The number of rotatable bonds is 4. The Labute approximate surface area is 159 Å². The third kappa shape index (κ3) is 4.59. The summed E-state index contributed by atoms with van der Waals surface area (Å²) in [6.45, 7) is 0. The van der Waals surface area contributed by atoms with E-state index in [4.69, 9.17) is 28.2 Å². The number of halogens is 2. The Morgan fingerprint density at radius 1 is 0.962 bits per heavy atom. The van der Waals surface area contributed by atoms with E-state index in [1.54, 1.807) is 36.4 Å². The lowest BCUT2D eigenvalue weighted by atomic mass is 10.2. The number of benzene rings is 2. The number of hydrogen-bond acceptors (Lipinski definition) is 3. The summed E-state index contributed by atoms with van der Waals surface area (Å²) in [4.78, 5) is 11.9. The highest BCUT2D eigenvalue weighted by Crippen LogP contribution is 2.20. The Kier molecular flexibility index (Phi) is 5.50. The van der Waals surface area contributed by atoms with Crippen LogP contribution in [-0.4, -0.2) is 11.0 Å². The lowest BCUT2D eigenvalue weighted by Crippen LogP contribution is -2.19. The van der Waals surface area contributed by atoms with E-state index in [0.29, 0.717) is 22.2 Å². The first-order chi connectivity index (χ1) is 12.5. The van der Waals surface area contributed by atoms with Crippen molar-refractivity contribution in [3.63, 3.8) is 0 Å². The molecule has 0 aliphatic rings. The van der Waals surface area contributed by atoms with E-state index in [2.05, 4.69) is 16.0 Å². The van der Waals surface area contributed by atoms with Crippen molar-refractivity contribution in [2.45, 2.75) is 0 Å². The number of carbonyl (C=O) groups is 1. The van der Waals surface area contributed by atoms with Gasteiger partial charge in [-0.25, -0.2) is 4.39 Å². The molecule has 1 heterocycles. The fraction of sp³-hybridized carbons (Fsp3) is 0. The van der Waals surface area contributed by atoms with Gasteiger partial charge >= 0.3 is 0 Å². The minimum atomic E-state index is -0.497. The van der Waals surface area contributed by atoms with E-state index >= 15 is 0 Å². The van der Waals surface area contributed by atoms with Gasteiger partial charge in [-0.05, 0) is 66.8 Å². The predicted molar refractivity (Wildman–Crippen MR) is 104 cm³/mol. The highest BCUT2D eigenvalue weighted by Gasteiger charge is 2.08. The molecule has 132 valence electrons. The van der Waals surface area contributed by atoms with Crippen molar-refractivity contribution in [2.75, 3.05) is 16.0 Å². The van der Waals surface area contributed by atoms with Crippen LogP contribution in [0.25, 0.3) is 0 Å². The van der Waals surface area contributed by atoms with Gasteiger partial charge in [0.15, 0.2) is 10.9 Å². The zero-order valence-electron chi connectivity index (χ0n) is 13.3. The van der Waals surface area contributed by atoms with E-state index < -0.39 is 5.82 Å². The summed E-state index contributed by atoms with van der Waals surface area (Å²) >= 11 is 10.9. The SMILES string of the molecule is O=C(Nc1ccc(NC(=S)Nc2ccc(F)c(Cl)c2)cc1)c1ccco1. The maximum absolute atomic E-state index is 13.2. The van der Waals surface area contributed by atoms with Gasteiger partial charge in [-0.1, -0.05) is 11.6 Å². The first-order valence-corrected chi connectivity index (χ1v) is 8.28. The van der Waals surface area contributed by atoms with Crippen LogP contribution in [0.1, 0.15) is 10.6 Å². The van der Waals surface area contributed by atoms with Crippen LogP contribution in [0.15, 0.2) is 65.3 Å². The van der Waals surface area contributed by atoms with Crippen LogP contribution in [0.4, 0.5) is 21.5 Å². The predicted octanol–water partition coefficient (Wildman–Crippen LogP) is 5.13. The smallest absolute Gasteiger partial charge is 0.291 e. The maximum atomic E-state index is 13.2. The maximum Gasteiger partial charge on any atom is 0.291 e. The normalized spacial score (nSPS) is 10.2. The molecule has 0 bridgehead atoms. The molecule has 0 aliphatic carbocycles. The third-order valence-electron chi connectivity index (χ3n) is 3.32. The molecule has 0 spiro atoms. The Bertz CT molecular complexity index is 930. The summed E-state index contributed by atoms with van der Waals surface area (Å²) < 4.78 is 18.2. The molecule has 26 heavy (non-hydrogen) atoms. The van der Waals surface area contributed by atoms with Crippen LogP contribution in [0.5, 0.6) is 0 Å². The second-order valence-corrected chi connectivity index (χ2v) is 6.03. The molecule has 0 atom stereocenters. The number of nitrogens with one attached hydrogen (secondary N) is 3. The molecule has 0 saturated carbocycles. The molecule has 0 saturated heterocycles. The molecule has 5 nitrogen and oxygen atoms in total. The lowest BCUT2D eigenvalue weighted by molar-refractivity contribution is 0.0996. The first-order valence-electron chi connectivity index (χ1n) is 7.49. The Balaban J connectivity index is 1.57. The van der Waals surface area contributed by atoms with Crippen molar-refractivity contribution in [2.24, 2.45) is 0 Å². The van der Waals surface area contributed by atoms with Crippen molar-refractivity contribution in [1.82, 2.24) is 0 Å².